The summed E-state index contributed by atoms with van der Waals surface area (Å²) in [5, 5.41) is 13.5. The van der Waals surface area contributed by atoms with Crippen LogP contribution >= 0.6 is 11.8 Å². The van der Waals surface area contributed by atoms with Crippen LogP contribution in [0.15, 0.2) is 47.4 Å². The van der Waals surface area contributed by atoms with Crippen molar-refractivity contribution in [2.45, 2.75) is 17.9 Å². The summed E-state index contributed by atoms with van der Waals surface area (Å²) in [6.45, 7) is 1.34. The number of benzene rings is 2. The summed E-state index contributed by atoms with van der Waals surface area (Å²) in [6.07, 6.45) is 0.504. The second-order valence-electron chi connectivity index (χ2n) is 5.19. The van der Waals surface area contributed by atoms with Crippen molar-refractivity contribution in [3.05, 3.63) is 64.0 Å². The van der Waals surface area contributed by atoms with Crippen molar-refractivity contribution in [2.24, 2.45) is 0 Å². The van der Waals surface area contributed by atoms with E-state index in [4.69, 9.17) is 4.74 Å². The molecule has 0 spiro atoms. The number of amides is 1. The average Bonchev–Trinajstić information content (AvgIpc) is 2.60. The van der Waals surface area contributed by atoms with E-state index >= 15 is 0 Å². The molecule has 26 heavy (non-hydrogen) atoms. The number of carbonyl (C=O) groups is 2. The first kappa shape index (κ1) is 19.4. The van der Waals surface area contributed by atoms with Crippen molar-refractivity contribution >= 4 is 35.0 Å². The van der Waals surface area contributed by atoms with E-state index in [2.05, 4.69) is 5.32 Å². The molecule has 0 aliphatic rings. The number of carbonyl (C=O) groups excluding carboxylic acids is 2. The maximum absolute atomic E-state index is 13.1. The number of ether oxygens (including phenoxy) is 1. The van der Waals surface area contributed by atoms with E-state index in [1.807, 2.05) is 0 Å². The fourth-order valence-electron chi connectivity index (χ4n) is 2.05. The highest BCUT2D eigenvalue weighted by Gasteiger charge is 2.22. The lowest BCUT2D eigenvalue weighted by Gasteiger charge is -2.13. The first-order valence-electron chi connectivity index (χ1n) is 7.41. The Balaban J connectivity index is 2.07. The predicted octanol–water partition coefficient (Wildman–Crippen LogP) is 3.64. The quantitative estimate of drug-likeness (QED) is 0.357. The SMILES string of the molecule is CSc1ccc(C(=O)O[C@H](C)C(=O)Nc2cccc(F)c2)cc1[N+](=O)[O-]. The van der Waals surface area contributed by atoms with Crippen molar-refractivity contribution in [1.82, 2.24) is 0 Å². The number of nitrogens with one attached hydrogen (secondary N) is 1. The molecule has 2 rings (SSSR count). The predicted molar refractivity (Wildman–Crippen MR) is 94.8 cm³/mol. The Bertz CT molecular complexity index is 859. The lowest BCUT2D eigenvalue weighted by atomic mass is 10.2. The van der Waals surface area contributed by atoms with Gasteiger partial charge in [-0.25, -0.2) is 9.18 Å². The Morgan fingerprint density at radius 1 is 1.27 bits per heavy atom. The Morgan fingerprint density at radius 2 is 2.00 bits per heavy atom. The molecule has 2 aromatic carbocycles. The number of rotatable bonds is 6. The van der Waals surface area contributed by atoms with E-state index in [9.17, 15) is 24.1 Å². The van der Waals surface area contributed by atoms with Crippen molar-refractivity contribution in [1.29, 1.82) is 0 Å². The zero-order chi connectivity index (χ0) is 19.3. The van der Waals surface area contributed by atoms with Crippen molar-refractivity contribution < 1.29 is 23.6 Å². The Kier molecular flexibility index (Phi) is 6.29. The third kappa shape index (κ3) is 4.79. The van der Waals surface area contributed by atoms with Gasteiger partial charge in [0.2, 0.25) is 0 Å². The number of halogens is 1. The standard InChI is InChI=1S/C17H15FN2O5S/c1-10(16(21)19-13-5-3-4-12(18)9-13)25-17(22)11-6-7-15(26-2)14(8-11)20(23)24/h3-10H,1-2H3,(H,19,21)/t10-/m1/s1. The number of nitro benzene ring substituents is 1. The van der Waals surface area contributed by atoms with E-state index in [1.54, 1.807) is 6.26 Å². The van der Waals surface area contributed by atoms with Gasteiger partial charge in [-0.05, 0) is 43.5 Å². The van der Waals surface area contributed by atoms with E-state index in [-0.39, 0.29) is 16.9 Å². The number of nitro groups is 1. The number of thioether (sulfide) groups is 1. The molecule has 0 aromatic heterocycles. The molecule has 1 atom stereocenters. The molecule has 9 heteroatoms. The minimum absolute atomic E-state index is 0.0418. The molecular weight excluding hydrogens is 363 g/mol. The Morgan fingerprint density at radius 3 is 2.62 bits per heavy atom. The molecule has 1 N–H and O–H groups in total. The minimum atomic E-state index is -1.18. The van der Waals surface area contributed by atoms with Gasteiger partial charge in [-0.2, -0.15) is 0 Å². The summed E-state index contributed by atoms with van der Waals surface area (Å²) < 4.78 is 18.2. The maximum atomic E-state index is 13.1. The molecule has 0 saturated carbocycles. The summed E-state index contributed by atoms with van der Waals surface area (Å²) in [4.78, 5) is 35.1. The smallest absolute Gasteiger partial charge is 0.339 e. The van der Waals surface area contributed by atoms with Crippen LogP contribution in [0.4, 0.5) is 15.8 Å². The largest absolute Gasteiger partial charge is 0.449 e. The molecule has 2 aromatic rings. The lowest BCUT2D eigenvalue weighted by Crippen LogP contribution is -2.30. The van der Waals surface area contributed by atoms with Crippen LogP contribution in [0.2, 0.25) is 0 Å². The van der Waals surface area contributed by atoms with Crippen LogP contribution in [-0.2, 0) is 9.53 Å². The van der Waals surface area contributed by atoms with E-state index in [1.165, 1.54) is 49.0 Å². The Hall–Kier alpha value is -2.94. The molecule has 0 aliphatic heterocycles. The molecule has 7 nitrogen and oxygen atoms in total. The molecule has 0 unspecified atom stereocenters. The van der Waals surface area contributed by atoms with Gasteiger partial charge >= 0.3 is 5.97 Å². The van der Waals surface area contributed by atoms with Crippen LogP contribution in [0.25, 0.3) is 0 Å². The molecule has 0 bridgehead atoms. The lowest BCUT2D eigenvalue weighted by molar-refractivity contribution is -0.387. The van der Waals surface area contributed by atoms with Crippen LogP contribution in [0, 0.1) is 15.9 Å². The third-order valence-corrected chi connectivity index (χ3v) is 4.14. The number of anilines is 1. The van der Waals surface area contributed by atoms with E-state index in [0.717, 1.165) is 12.1 Å². The normalized spacial score (nSPS) is 11.5. The fraction of sp³-hybridized carbons (Fsp3) is 0.176. The van der Waals surface area contributed by atoms with Crippen LogP contribution in [0.3, 0.4) is 0 Å². The van der Waals surface area contributed by atoms with E-state index in [0.29, 0.717) is 4.90 Å². The molecule has 0 fully saturated rings. The molecule has 0 aliphatic carbocycles. The van der Waals surface area contributed by atoms with Gasteiger partial charge in [0.25, 0.3) is 11.6 Å². The second kappa shape index (κ2) is 8.43. The Labute approximate surface area is 152 Å². The molecule has 0 heterocycles. The van der Waals surface area contributed by atoms with Crippen LogP contribution < -0.4 is 5.32 Å². The average molecular weight is 378 g/mol. The van der Waals surface area contributed by atoms with Gasteiger partial charge in [-0.3, -0.25) is 14.9 Å². The highest BCUT2D eigenvalue weighted by molar-refractivity contribution is 7.98. The molecule has 136 valence electrons. The number of esters is 1. The molecule has 0 saturated heterocycles. The number of nitrogens with zero attached hydrogens (tertiary/aromatic N) is 1. The summed E-state index contributed by atoms with van der Waals surface area (Å²) in [7, 11) is 0. The van der Waals surface area contributed by atoms with Gasteiger partial charge < -0.3 is 10.1 Å². The van der Waals surface area contributed by atoms with Gasteiger partial charge in [-0.15, -0.1) is 11.8 Å². The van der Waals surface area contributed by atoms with Crippen LogP contribution in [0.1, 0.15) is 17.3 Å². The topological polar surface area (TPSA) is 98.5 Å². The zero-order valence-electron chi connectivity index (χ0n) is 13.9. The maximum Gasteiger partial charge on any atom is 0.339 e. The number of hydrogen-bond donors (Lipinski definition) is 1. The first-order chi connectivity index (χ1) is 12.3. The van der Waals surface area contributed by atoms with Gasteiger partial charge in [0.15, 0.2) is 6.10 Å². The molecule has 1 amide bonds. The minimum Gasteiger partial charge on any atom is -0.449 e. The van der Waals surface area contributed by atoms with E-state index < -0.39 is 28.7 Å². The fourth-order valence-corrected chi connectivity index (χ4v) is 2.60. The van der Waals surface area contributed by atoms with Crippen molar-refractivity contribution in [2.75, 3.05) is 11.6 Å². The van der Waals surface area contributed by atoms with Crippen molar-refractivity contribution in [3.63, 3.8) is 0 Å². The molecule has 0 radical (unpaired) electrons. The van der Waals surface area contributed by atoms with Crippen LogP contribution in [-0.4, -0.2) is 29.2 Å². The molecular formula is C17H15FN2O5S. The number of hydrogen-bond acceptors (Lipinski definition) is 6. The highest BCUT2D eigenvalue weighted by atomic mass is 32.2. The van der Waals surface area contributed by atoms with Gasteiger partial charge in [0.1, 0.15) is 5.82 Å². The first-order valence-corrected chi connectivity index (χ1v) is 8.64. The second-order valence-corrected chi connectivity index (χ2v) is 6.04. The summed E-state index contributed by atoms with van der Waals surface area (Å²) in [5.41, 5.74) is -0.0402. The summed E-state index contributed by atoms with van der Waals surface area (Å²) >= 11 is 1.18. The van der Waals surface area contributed by atoms with Crippen molar-refractivity contribution in [3.8, 4) is 0 Å². The van der Waals surface area contributed by atoms with Gasteiger partial charge in [0.05, 0.1) is 15.4 Å². The highest BCUT2D eigenvalue weighted by Crippen LogP contribution is 2.28. The monoisotopic (exact) mass is 378 g/mol. The van der Waals surface area contributed by atoms with Gasteiger partial charge in [-0.1, -0.05) is 6.07 Å². The van der Waals surface area contributed by atoms with Gasteiger partial charge in [0, 0.05) is 11.8 Å². The summed E-state index contributed by atoms with van der Waals surface area (Å²) in [6, 6.07) is 9.19. The van der Waals surface area contributed by atoms with Crippen LogP contribution in [0.5, 0.6) is 0 Å². The third-order valence-electron chi connectivity index (χ3n) is 3.36. The zero-order valence-corrected chi connectivity index (χ0v) is 14.7. The summed E-state index contributed by atoms with van der Waals surface area (Å²) in [5.74, 6) is -2.05.